The standard InChI is InChI=1S/C13H14O5/c1-17-11-6-9(8-14)7-12(18-2)10(11)4-3-5-13(15)16/h6-7,14H,5,8H2,1-2H3,(H,15,16). The average molecular weight is 250 g/mol. The van der Waals surface area contributed by atoms with Gasteiger partial charge < -0.3 is 19.7 Å². The predicted octanol–water partition coefficient (Wildman–Crippen LogP) is 1.02. The van der Waals surface area contributed by atoms with Crippen LogP contribution in [0.25, 0.3) is 0 Å². The lowest BCUT2D eigenvalue weighted by Gasteiger charge is -2.10. The number of aliphatic hydroxyl groups excluding tert-OH is 1. The molecule has 0 aliphatic carbocycles. The highest BCUT2D eigenvalue weighted by molar-refractivity contribution is 5.70. The maximum Gasteiger partial charge on any atom is 0.315 e. The number of methoxy groups -OCH3 is 2. The van der Waals surface area contributed by atoms with Crippen LogP contribution in [0.15, 0.2) is 12.1 Å². The number of aliphatic hydroxyl groups is 1. The van der Waals surface area contributed by atoms with Crippen LogP contribution in [0.5, 0.6) is 11.5 Å². The van der Waals surface area contributed by atoms with Crippen LogP contribution in [-0.4, -0.2) is 30.4 Å². The Kier molecular flexibility index (Phi) is 5.03. The second-order valence-electron chi connectivity index (χ2n) is 3.41. The van der Waals surface area contributed by atoms with Crippen molar-refractivity contribution in [3.8, 4) is 23.3 Å². The Hall–Kier alpha value is -2.19. The van der Waals surface area contributed by atoms with Crippen LogP contribution in [0.4, 0.5) is 0 Å². The van der Waals surface area contributed by atoms with Crippen molar-refractivity contribution in [1.82, 2.24) is 0 Å². The molecule has 5 heteroatoms. The first kappa shape index (κ1) is 13.9. The van der Waals surface area contributed by atoms with Crippen molar-refractivity contribution in [2.24, 2.45) is 0 Å². The summed E-state index contributed by atoms with van der Waals surface area (Å²) in [7, 11) is 2.94. The van der Waals surface area contributed by atoms with Crippen LogP contribution < -0.4 is 9.47 Å². The Bertz CT molecular complexity index is 471. The van der Waals surface area contributed by atoms with Gasteiger partial charge in [-0.2, -0.15) is 0 Å². The molecule has 0 aromatic heterocycles. The van der Waals surface area contributed by atoms with E-state index in [1.807, 2.05) is 0 Å². The van der Waals surface area contributed by atoms with E-state index in [0.717, 1.165) is 0 Å². The first-order chi connectivity index (χ1) is 8.62. The quantitative estimate of drug-likeness (QED) is 0.780. The van der Waals surface area contributed by atoms with Gasteiger partial charge in [-0.3, -0.25) is 4.79 Å². The van der Waals surface area contributed by atoms with Crippen LogP contribution in [0.3, 0.4) is 0 Å². The van der Waals surface area contributed by atoms with Crippen LogP contribution in [0.2, 0.25) is 0 Å². The molecule has 1 aromatic rings. The van der Waals surface area contributed by atoms with Gasteiger partial charge in [0, 0.05) is 0 Å². The second-order valence-corrected chi connectivity index (χ2v) is 3.41. The van der Waals surface area contributed by atoms with Crippen molar-refractivity contribution < 1.29 is 24.5 Å². The Morgan fingerprint density at radius 3 is 2.22 bits per heavy atom. The second kappa shape index (κ2) is 6.52. The molecule has 18 heavy (non-hydrogen) atoms. The summed E-state index contributed by atoms with van der Waals surface area (Å²) >= 11 is 0. The van der Waals surface area contributed by atoms with Crippen molar-refractivity contribution >= 4 is 5.97 Å². The van der Waals surface area contributed by atoms with Gasteiger partial charge in [0.05, 0.1) is 20.8 Å². The summed E-state index contributed by atoms with van der Waals surface area (Å²) < 4.78 is 10.3. The monoisotopic (exact) mass is 250 g/mol. The topological polar surface area (TPSA) is 76.0 Å². The Morgan fingerprint density at radius 1 is 1.28 bits per heavy atom. The summed E-state index contributed by atoms with van der Waals surface area (Å²) in [5.74, 6) is 5.11. The maximum atomic E-state index is 10.4. The highest BCUT2D eigenvalue weighted by Crippen LogP contribution is 2.29. The zero-order chi connectivity index (χ0) is 13.5. The minimum absolute atomic E-state index is 0.143. The van der Waals surface area contributed by atoms with Gasteiger partial charge >= 0.3 is 5.97 Å². The Labute approximate surface area is 105 Å². The van der Waals surface area contributed by atoms with Crippen molar-refractivity contribution in [2.45, 2.75) is 13.0 Å². The lowest BCUT2D eigenvalue weighted by Crippen LogP contribution is -1.97. The van der Waals surface area contributed by atoms with Gasteiger partial charge in [0.25, 0.3) is 0 Å². The molecule has 0 fully saturated rings. The van der Waals surface area contributed by atoms with Gasteiger partial charge in [0.2, 0.25) is 0 Å². The normalized spacial score (nSPS) is 9.28. The molecule has 96 valence electrons. The molecular formula is C13H14O5. The average Bonchev–Trinajstić information content (AvgIpc) is 2.37. The molecule has 0 atom stereocenters. The van der Waals surface area contributed by atoms with E-state index in [-0.39, 0.29) is 13.0 Å². The fourth-order valence-corrected chi connectivity index (χ4v) is 1.39. The number of aliphatic carboxylic acids is 1. The third kappa shape index (κ3) is 3.40. The van der Waals surface area contributed by atoms with Gasteiger partial charge in [-0.05, 0) is 17.7 Å². The lowest BCUT2D eigenvalue weighted by atomic mass is 10.1. The number of carboxylic acids is 1. The molecule has 2 N–H and O–H groups in total. The zero-order valence-corrected chi connectivity index (χ0v) is 10.2. The van der Waals surface area contributed by atoms with Crippen LogP contribution in [0.1, 0.15) is 17.5 Å². The predicted molar refractivity (Wildman–Crippen MR) is 64.6 cm³/mol. The van der Waals surface area contributed by atoms with Gasteiger partial charge in [-0.15, -0.1) is 0 Å². The number of hydrogen-bond donors (Lipinski definition) is 2. The molecule has 0 unspecified atom stereocenters. The van der Waals surface area contributed by atoms with Crippen LogP contribution >= 0.6 is 0 Å². The minimum atomic E-state index is -0.993. The van der Waals surface area contributed by atoms with Crippen molar-refractivity contribution in [2.75, 3.05) is 14.2 Å². The van der Waals surface area contributed by atoms with E-state index in [4.69, 9.17) is 19.7 Å². The molecular weight excluding hydrogens is 236 g/mol. The zero-order valence-electron chi connectivity index (χ0n) is 10.2. The van der Waals surface area contributed by atoms with E-state index in [0.29, 0.717) is 22.6 Å². The molecule has 1 aromatic carbocycles. The van der Waals surface area contributed by atoms with E-state index in [2.05, 4.69) is 11.8 Å². The number of rotatable bonds is 4. The van der Waals surface area contributed by atoms with E-state index < -0.39 is 5.97 Å². The van der Waals surface area contributed by atoms with E-state index in [1.54, 1.807) is 12.1 Å². The first-order valence-corrected chi connectivity index (χ1v) is 5.18. The van der Waals surface area contributed by atoms with Gasteiger partial charge in [-0.25, -0.2) is 0 Å². The summed E-state index contributed by atoms with van der Waals surface area (Å²) in [4.78, 5) is 10.4. The Morgan fingerprint density at radius 2 is 1.83 bits per heavy atom. The van der Waals surface area contributed by atoms with E-state index in [9.17, 15) is 4.79 Å². The highest BCUT2D eigenvalue weighted by atomic mass is 16.5. The fourth-order valence-electron chi connectivity index (χ4n) is 1.39. The molecule has 0 aliphatic rings. The van der Waals surface area contributed by atoms with Gasteiger partial charge in [0.15, 0.2) is 0 Å². The molecule has 0 spiro atoms. The van der Waals surface area contributed by atoms with E-state index >= 15 is 0 Å². The smallest absolute Gasteiger partial charge is 0.315 e. The number of ether oxygens (including phenoxy) is 2. The van der Waals surface area contributed by atoms with Crippen LogP contribution in [0, 0.1) is 11.8 Å². The maximum absolute atomic E-state index is 10.4. The summed E-state index contributed by atoms with van der Waals surface area (Å²) in [5.41, 5.74) is 1.10. The van der Waals surface area contributed by atoms with Crippen molar-refractivity contribution in [1.29, 1.82) is 0 Å². The summed E-state index contributed by atoms with van der Waals surface area (Å²) in [6.45, 7) is -0.143. The molecule has 0 aliphatic heterocycles. The minimum Gasteiger partial charge on any atom is -0.495 e. The Balaban J connectivity index is 3.21. The number of carbonyl (C=O) groups is 1. The van der Waals surface area contributed by atoms with Gasteiger partial charge in [0.1, 0.15) is 23.5 Å². The fraction of sp³-hybridized carbons (Fsp3) is 0.308. The lowest BCUT2D eigenvalue weighted by molar-refractivity contribution is -0.135. The SMILES string of the molecule is COc1cc(CO)cc(OC)c1C#CCC(=O)O. The third-order valence-corrected chi connectivity index (χ3v) is 2.20. The van der Waals surface area contributed by atoms with Crippen LogP contribution in [-0.2, 0) is 11.4 Å². The van der Waals surface area contributed by atoms with Crippen molar-refractivity contribution in [3.05, 3.63) is 23.3 Å². The molecule has 0 bridgehead atoms. The summed E-state index contributed by atoms with van der Waals surface area (Å²) in [6.07, 6.45) is -0.256. The molecule has 0 radical (unpaired) electrons. The number of hydrogen-bond acceptors (Lipinski definition) is 4. The first-order valence-electron chi connectivity index (χ1n) is 5.18. The number of benzene rings is 1. The molecule has 0 heterocycles. The largest absolute Gasteiger partial charge is 0.495 e. The molecule has 5 nitrogen and oxygen atoms in total. The molecule has 0 saturated carbocycles. The van der Waals surface area contributed by atoms with Crippen molar-refractivity contribution in [3.63, 3.8) is 0 Å². The molecule has 0 saturated heterocycles. The highest BCUT2D eigenvalue weighted by Gasteiger charge is 2.10. The molecule has 1 rings (SSSR count). The summed E-state index contributed by atoms with van der Waals surface area (Å²) in [6, 6.07) is 3.26. The number of carboxylic acid groups (broad SMARTS) is 1. The van der Waals surface area contributed by atoms with E-state index in [1.165, 1.54) is 14.2 Å². The molecule has 0 amide bonds. The van der Waals surface area contributed by atoms with Gasteiger partial charge in [-0.1, -0.05) is 11.8 Å². The summed E-state index contributed by atoms with van der Waals surface area (Å²) in [5, 5.41) is 17.6. The third-order valence-electron chi connectivity index (χ3n) is 2.20.